The number of carbonyl (C=O) groups is 2. The third-order valence-electron chi connectivity index (χ3n) is 3.15. The Morgan fingerprint density at radius 2 is 2.17 bits per heavy atom. The molecule has 0 aliphatic carbocycles. The Balaban J connectivity index is 2.59. The number of carbonyl (C=O) groups excluding carboxylic acids is 2. The molecule has 0 saturated carbocycles. The molecule has 8 heteroatoms. The number of imidazole rings is 1. The Labute approximate surface area is 137 Å². The molecule has 1 aromatic heterocycles. The maximum Gasteiger partial charge on any atom is 0.358 e. The summed E-state index contributed by atoms with van der Waals surface area (Å²) >= 11 is 5.93. The normalized spacial score (nSPS) is 10.4. The van der Waals surface area contributed by atoms with Crippen LogP contribution in [0.15, 0.2) is 24.5 Å². The van der Waals surface area contributed by atoms with E-state index in [0.29, 0.717) is 11.4 Å². The first-order chi connectivity index (χ1) is 11.0. The molecule has 0 aliphatic heterocycles. The van der Waals surface area contributed by atoms with E-state index < -0.39 is 17.7 Å². The number of rotatable bonds is 5. The summed E-state index contributed by atoms with van der Waals surface area (Å²) in [5, 5.41) is 2.44. The Morgan fingerprint density at radius 1 is 1.43 bits per heavy atom. The largest absolute Gasteiger partial charge is 0.461 e. The van der Waals surface area contributed by atoms with Crippen molar-refractivity contribution in [2.75, 3.05) is 13.7 Å². The van der Waals surface area contributed by atoms with Gasteiger partial charge < -0.3 is 14.6 Å². The number of esters is 1. The maximum atomic E-state index is 13.5. The summed E-state index contributed by atoms with van der Waals surface area (Å²) in [6, 6.07) is 3.74. The summed E-state index contributed by atoms with van der Waals surface area (Å²) in [4.78, 5) is 27.9. The monoisotopic (exact) mass is 339 g/mol. The fraction of sp³-hybridized carbons (Fsp3) is 0.267. The molecule has 0 aliphatic rings. The molecule has 0 spiro atoms. The van der Waals surface area contributed by atoms with Crippen molar-refractivity contribution in [2.24, 2.45) is 0 Å². The van der Waals surface area contributed by atoms with Crippen LogP contribution in [0.25, 0.3) is 5.69 Å². The molecule has 122 valence electrons. The number of amides is 1. The number of nitrogens with one attached hydrogen (secondary N) is 1. The molecule has 0 saturated heterocycles. The van der Waals surface area contributed by atoms with Gasteiger partial charge in [-0.15, -0.1) is 11.6 Å². The van der Waals surface area contributed by atoms with Crippen LogP contribution in [-0.4, -0.2) is 35.1 Å². The average molecular weight is 340 g/mol. The quantitative estimate of drug-likeness (QED) is 0.670. The first kappa shape index (κ1) is 17.0. The van der Waals surface area contributed by atoms with E-state index in [1.165, 1.54) is 30.1 Å². The van der Waals surface area contributed by atoms with Gasteiger partial charge in [-0.1, -0.05) is 0 Å². The van der Waals surface area contributed by atoms with Gasteiger partial charge in [0, 0.05) is 7.05 Å². The zero-order valence-corrected chi connectivity index (χ0v) is 13.4. The van der Waals surface area contributed by atoms with Gasteiger partial charge in [-0.25, -0.2) is 14.2 Å². The lowest BCUT2D eigenvalue weighted by atomic mass is 10.1. The van der Waals surface area contributed by atoms with E-state index >= 15 is 0 Å². The Bertz CT molecular complexity index is 746. The average Bonchev–Trinajstić information content (AvgIpc) is 2.98. The molecule has 1 heterocycles. The number of hydrogen-bond donors (Lipinski definition) is 1. The highest BCUT2D eigenvalue weighted by Crippen LogP contribution is 2.22. The van der Waals surface area contributed by atoms with Gasteiger partial charge in [-0.2, -0.15) is 0 Å². The number of nitrogens with zero attached hydrogens (tertiary/aromatic N) is 2. The van der Waals surface area contributed by atoms with Crippen LogP contribution in [0.3, 0.4) is 0 Å². The van der Waals surface area contributed by atoms with Gasteiger partial charge in [0.2, 0.25) is 0 Å². The molecule has 0 atom stereocenters. The smallest absolute Gasteiger partial charge is 0.358 e. The molecule has 2 rings (SSSR count). The van der Waals surface area contributed by atoms with Gasteiger partial charge in [0.05, 0.1) is 29.4 Å². The number of aromatic nitrogens is 2. The molecular weight excluding hydrogens is 325 g/mol. The Hall–Kier alpha value is -2.41. The third kappa shape index (κ3) is 3.34. The highest BCUT2D eigenvalue weighted by molar-refractivity contribution is 6.17. The van der Waals surface area contributed by atoms with Crippen molar-refractivity contribution >= 4 is 23.5 Å². The van der Waals surface area contributed by atoms with Crippen LogP contribution >= 0.6 is 11.6 Å². The second-order valence-electron chi connectivity index (χ2n) is 4.50. The van der Waals surface area contributed by atoms with Gasteiger partial charge in [0.15, 0.2) is 5.69 Å². The molecule has 1 aromatic carbocycles. The molecule has 23 heavy (non-hydrogen) atoms. The van der Waals surface area contributed by atoms with E-state index in [1.807, 2.05) is 0 Å². The number of benzene rings is 1. The summed E-state index contributed by atoms with van der Waals surface area (Å²) < 4.78 is 19.9. The van der Waals surface area contributed by atoms with Crippen molar-refractivity contribution in [1.82, 2.24) is 14.9 Å². The summed E-state index contributed by atoms with van der Waals surface area (Å²) in [7, 11) is 1.44. The number of alkyl halides is 1. The zero-order valence-electron chi connectivity index (χ0n) is 12.6. The predicted molar refractivity (Wildman–Crippen MR) is 82.4 cm³/mol. The van der Waals surface area contributed by atoms with Crippen LogP contribution < -0.4 is 5.32 Å². The van der Waals surface area contributed by atoms with Gasteiger partial charge in [-0.3, -0.25) is 4.79 Å². The molecule has 6 nitrogen and oxygen atoms in total. The first-order valence-electron chi connectivity index (χ1n) is 6.84. The van der Waals surface area contributed by atoms with E-state index in [0.717, 1.165) is 6.07 Å². The molecular formula is C15H15ClFN3O3. The van der Waals surface area contributed by atoms with E-state index in [2.05, 4.69) is 10.3 Å². The maximum absolute atomic E-state index is 13.5. The highest BCUT2D eigenvalue weighted by Gasteiger charge is 2.22. The van der Waals surface area contributed by atoms with Crippen LogP contribution in [0, 0.1) is 5.82 Å². The topological polar surface area (TPSA) is 73.2 Å². The SMILES string of the molecule is CCOC(=O)c1ncn(-c2ccc(F)cc2C(=O)NC)c1CCl. The standard InChI is InChI=1S/C15H15ClFN3O3/c1-3-23-15(22)13-12(7-16)20(8-19-13)11-5-4-9(17)6-10(11)14(21)18-2/h4-6,8H,3,7H2,1-2H3,(H,18,21). The van der Waals surface area contributed by atoms with Crippen LogP contribution in [0.5, 0.6) is 0 Å². The minimum absolute atomic E-state index is 0.0291. The molecule has 0 unspecified atom stereocenters. The van der Waals surface area contributed by atoms with E-state index in [-0.39, 0.29) is 23.7 Å². The molecule has 0 fully saturated rings. The van der Waals surface area contributed by atoms with Crippen molar-refractivity contribution in [2.45, 2.75) is 12.8 Å². The predicted octanol–water partition coefficient (Wildman–Crippen LogP) is 2.29. The molecule has 0 bridgehead atoms. The van der Waals surface area contributed by atoms with Crippen molar-refractivity contribution in [3.05, 3.63) is 47.3 Å². The van der Waals surface area contributed by atoms with Crippen LogP contribution in [0.1, 0.15) is 33.5 Å². The zero-order chi connectivity index (χ0) is 17.0. The lowest BCUT2D eigenvalue weighted by molar-refractivity contribution is 0.0519. The van der Waals surface area contributed by atoms with Gasteiger partial charge >= 0.3 is 5.97 Å². The minimum Gasteiger partial charge on any atom is -0.461 e. The van der Waals surface area contributed by atoms with E-state index in [1.54, 1.807) is 6.92 Å². The molecule has 0 radical (unpaired) electrons. The Kier molecular flexibility index (Phi) is 5.33. The lowest BCUT2D eigenvalue weighted by Gasteiger charge is -2.12. The Morgan fingerprint density at radius 3 is 2.78 bits per heavy atom. The van der Waals surface area contributed by atoms with E-state index in [4.69, 9.17) is 16.3 Å². The lowest BCUT2D eigenvalue weighted by Crippen LogP contribution is -2.20. The number of hydrogen-bond acceptors (Lipinski definition) is 4. The second kappa shape index (κ2) is 7.23. The van der Waals surface area contributed by atoms with Crippen LogP contribution in [0.2, 0.25) is 0 Å². The second-order valence-corrected chi connectivity index (χ2v) is 4.77. The molecule has 1 N–H and O–H groups in total. The summed E-state index contributed by atoms with van der Waals surface area (Å²) in [6.07, 6.45) is 1.35. The third-order valence-corrected chi connectivity index (χ3v) is 3.40. The first-order valence-corrected chi connectivity index (χ1v) is 7.38. The van der Waals surface area contributed by atoms with Crippen LogP contribution in [0.4, 0.5) is 4.39 Å². The van der Waals surface area contributed by atoms with Crippen molar-refractivity contribution in [3.63, 3.8) is 0 Å². The van der Waals surface area contributed by atoms with Gasteiger partial charge in [0.1, 0.15) is 12.1 Å². The summed E-state index contributed by atoms with van der Waals surface area (Å²) in [5.41, 5.74) is 0.895. The number of halogens is 2. The van der Waals surface area contributed by atoms with Crippen molar-refractivity contribution in [3.8, 4) is 5.69 Å². The van der Waals surface area contributed by atoms with Crippen molar-refractivity contribution < 1.29 is 18.7 Å². The van der Waals surface area contributed by atoms with Gasteiger partial charge in [0.25, 0.3) is 5.91 Å². The fourth-order valence-corrected chi connectivity index (χ4v) is 2.37. The van der Waals surface area contributed by atoms with Crippen molar-refractivity contribution in [1.29, 1.82) is 0 Å². The fourth-order valence-electron chi connectivity index (χ4n) is 2.11. The summed E-state index contributed by atoms with van der Waals surface area (Å²) in [6.45, 7) is 1.88. The molecule has 2 aromatic rings. The molecule has 1 amide bonds. The van der Waals surface area contributed by atoms with E-state index in [9.17, 15) is 14.0 Å². The van der Waals surface area contributed by atoms with Crippen LogP contribution in [-0.2, 0) is 10.6 Å². The summed E-state index contributed by atoms with van der Waals surface area (Å²) in [5.74, 6) is -1.65. The number of ether oxygens (including phenoxy) is 1. The highest BCUT2D eigenvalue weighted by atomic mass is 35.5. The minimum atomic E-state index is -0.606. The van der Waals surface area contributed by atoms with Gasteiger partial charge in [-0.05, 0) is 25.1 Å².